The molecule has 0 aromatic heterocycles. The Balaban J connectivity index is 1.76. The predicted octanol–water partition coefficient (Wildman–Crippen LogP) is 3.46. The zero-order valence-electron chi connectivity index (χ0n) is 11.2. The third-order valence-electron chi connectivity index (χ3n) is 2.77. The highest BCUT2D eigenvalue weighted by Crippen LogP contribution is 2.16. The number of aryl methyl sites for hydroxylation is 1. The number of nitrogens with one attached hydrogen (secondary N) is 1. The molecule has 2 rings (SSSR count). The fourth-order valence-electron chi connectivity index (χ4n) is 1.70. The number of hydrogen-bond donors (Lipinski definition) is 1. The van der Waals surface area contributed by atoms with Crippen LogP contribution in [0.3, 0.4) is 0 Å². The van der Waals surface area contributed by atoms with E-state index in [4.69, 9.17) is 16.3 Å². The lowest BCUT2D eigenvalue weighted by Gasteiger charge is -2.08. The lowest BCUT2D eigenvalue weighted by molar-refractivity contribution is 0.0947. The van der Waals surface area contributed by atoms with Crippen LogP contribution < -0.4 is 10.1 Å². The van der Waals surface area contributed by atoms with Crippen molar-refractivity contribution >= 4 is 17.5 Å². The molecular weight excluding hydrogens is 274 g/mol. The van der Waals surface area contributed by atoms with Gasteiger partial charge in [-0.05, 0) is 37.3 Å². The number of benzene rings is 2. The zero-order chi connectivity index (χ0) is 14.4. The molecule has 0 fully saturated rings. The van der Waals surface area contributed by atoms with Gasteiger partial charge in [0, 0.05) is 10.6 Å². The third-order valence-corrected chi connectivity index (χ3v) is 3.00. The minimum absolute atomic E-state index is 0.0975. The number of carbonyl (C=O) groups is 1. The maximum atomic E-state index is 11.8. The standard InChI is InChI=1S/C16H16ClNO2/c1-12-5-7-13(8-6-12)16(19)18-9-10-20-15-4-2-3-14(17)11-15/h2-8,11H,9-10H2,1H3,(H,18,19). The van der Waals surface area contributed by atoms with E-state index in [2.05, 4.69) is 5.32 Å². The number of halogens is 1. The molecule has 20 heavy (non-hydrogen) atoms. The van der Waals surface area contributed by atoms with E-state index >= 15 is 0 Å². The maximum Gasteiger partial charge on any atom is 0.251 e. The Morgan fingerprint density at radius 2 is 1.95 bits per heavy atom. The Morgan fingerprint density at radius 3 is 2.65 bits per heavy atom. The molecule has 1 amide bonds. The van der Waals surface area contributed by atoms with E-state index in [1.165, 1.54) is 0 Å². The summed E-state index contributed by atoms with van der Waals surface area (Å²) in [6.45, 7) is 2.83. The van der Waals surface area contributed by atoms with Crippen molar-refractivity contribution in [1.29, 1.82) is 0 Å². The molecule has 0 heterocycles. The van der Waals surface area contributed by atoms with Crippen LogP contribution in [0.2, 0.25) is 5.02 Å². The summed E-state index contributed by atoms with van der Waals surface area (Å²) in [6.07, 6.45) is 0. The summed E-state index contributed by atoms with van der Waals surface area (Å²) < 4.78 is 5.49. The third kappa shape index (κ3) is 4.28. The average Bonchev–Trinajstić information content (AvgIpc) is 2.44. The second kappa shape index (κ2) is 6.96. The highest BCUT2D eigenvalue weighted by atomic mass is 35.5. The Bertz CT molecular complexity index is 581. The largest absolute Gasteiger partial charge is 0.492 e. The molecule has 0 unspecified atom stereocenters. The highest BCUT2D eigenvalue weighted by molar-refractivity contribution is 6.30. The van der Waals surface area contributed by atoms with Gasteiger partial charge in [0.05, 0.1) is 6.54 Å². The highest BCUT2D eigenvalue weighted by Gasteiger charge is 2.03. The van der Waals surface area contributed by atoms with Gasteiger partial charge in [0.15, 0.2) is 0 Å². The minimum atomic E-state index is -0.0975. The van der Waals surface area contributed by atoms with Crippen molar-refractivity contribution in [1.82, 2.24) is 5.32 Å². The minimum Gasteiger partial charge on any atom is -0.492 e. The molecule has 0 saturated heterocycles. The molecule has 104 valence electrons. The van der Waals surface area contributed by atoms with Crippen LogP contribution in [0.4, 0.5) is 0 Å². The van der Waals surface area contributed by atoms with E-state index in [9.17, 15) is 4.79 Å². The molecule has 0 aliphatic carbocycles. The maximum absolute atomic E-state index is 11.8. The molecule has 1 N–H and O–H groups in total. The van der Waals surface area contributed by atoms with Crippen molar-refractivity contribution in [2.75, 3.05) is 13.2 Å². The smallest absolute Gasteiger partial charge is 0.251 e. The number of hydrogen-bond acceptors (Lipinski definition) is 2. The van der Waals surface area contributed by atoms with Gasteiger partial charge in [0.2, 0.25) is 0 Å². The molecule has 3 nitrogen and oxygen atoms in total. The number of amides is 1. The molecule has 0 radical (unpaired) electrons. The van der Waals surface area contributed by atoms with E-state index in [0.29, 0.717) is 29.5 Å². The van der Waals surface area contributed by atoms with Crippen LogP contribution in [-0.2, 0) is 0 Å². The fourth-order valence-corrected chi connectivity index (χ4v) is 1.88. The van der Waals surface area contributed by atoms with E-state index in [-0.39, 0.29) is 5.91 Å². The lowest BCUT2D eigenvalue weighted by Crippen LogP contribution is -2.28. The summed E-state index contributed by atoms with van der Waals surface area (Å²) in [5, 5.41) is 3.44. The van der Waals surface area contributed by atoms with Gasteiger partial charge in [-0.2, -0.15) is 0 Å². The molecule has 0 spiro atoms. The van der Waals surface area contributed by atoms with Crippen molar-refractivity contribution in [3.8, 4) is 5.75 Å². The van der Waals surface area contributed by atoms with Crippen LogP contribution in [-0.4, -0.2) is 19.1 Å². The zero-order valence-corrected chi connectivity index (χ0v) is 12.0. The van der Waals surface area contributed by atoms with Crippen molar-refractivity contribution in [2.24, 2.45) is 0 Å². The van der Waals surface area contributed by atoms with Crippen LogP contribution in [0.15, 0.2) is 48.5 Å². The second-order valence-corrected chi connectivity index (χ2v) is 4.86. The van der Waals surface area contributed by atoms with Crippen molar-refractivity contribution in [3.05, 3.63) is 64.7 Å². The lowest BCUT2D eigenvalue weighted by atomic mass is 10.1. The fraction of sp³-hybridized carbons (Fsp3) is 0.188. The Kier molecular flexibility index (Phi) is 5.02. The van der Waals surface area contributed by atoms with Gasteiger partial charge in [0.25, 0.3) is 5.91 Å². The molecule has 0 aliphatic heterocycles. The monoisotopic (exact) mass is 289 g/mol. The topological polar surface area (TPSA) is 38.3 Å². The molecule has 0 saturated carbocycles. The van der Waals surface area contributed by atoms with Gasteiger partial charge in [-0.3, -0.25) is 4.79 Å². The molecule has 0 bridgehead atoms. The first kappa shape index (κ1) is 14.4. The normalized spacial score (nSPS) is 10.1. The van der Waals surface area contributed by atoms with Crippen LogP contribution >= 0.6 is 11.6 Å². The molecule has 2 aromatic rings. The summed E-state index contributed by atoms with van der Waals surface area (Å²) in [5.74, 6) is 0.599. The van der Waals surface area contributed by atoms with Crippen LogP contribution in [0, 0.1) is 6.92 Å². The average molecular weight is 290 g/mol. The van der Waals surface area contributed by atoms with E-state index in [1.54, 1.807) is 12.1 Å². The summed E-state index contributed by atoms with van der Waals surface area (Å²) in [5.41, 5.74) is 1.78. The molecule has 0 atom stereocenters. The summed E-state index contributed by atoms with van der Waals surface area (Å²) in [4.78, 5) is 11.8. The second-order valence-electron chi connectivity index (χ2n) is 4.43. The summed E-state index contributed by atoms with van der Waals surface area (Å²) in [7, 11) is 0. The van der Waals surface area contributed by atoms with E-state index in [0.717, 1.165) is 5.56 Å². The first-order valence-electron chi connectivity index (χ1n) is 6.38. The van der Waals surface area contributed by atoms with Crippen LogP contribution in [0.25, 0.3) is 0 Å². The van der Waals surface area contributed by atoms with Gasteiger partial charge in [-0.1, -0.05) is 35.4 Å². The molecule has 2 aromatic carbocycles. The SMILES string of the molecule is Cc1ccc(C(=O)NCCOc2cccc(Cl)c2)cc1. The van der Waals surface area contributed by atoms with E-state index in [1.807, 2.05) is 43.3 Å². The van der Waals surface area contributed by atoms with Gasteiger partial charge in [0.1, 0.15) is 12.4 Å². The van der Waals surface area contributed by atoms with Gasteiger partial charge in [-0.25, -0.2) is 0 Å². The van der Waals surface area contributed by atoms with E-state index < -0.39 is 0 Å². The van der Waals surface area contributed by atoms with Crippen molar-refractivity contribution < 1.29 is 9.53 Å². The summed E-state index contributed by atoms with van der Waals surface area (Å²) >= 11 is 5.85. The van der Waals surface area contributed by atoms with Crippen molar-refractivity contribution in [2.45, 2.75) is 6.92 Å². The quantitative estimate of drug-likeness (QED) is 0.856. The van der Waals surface area contributed by atoms with Gasteiger partial charge < -0.3 is 10.1 Å². The van der Waals surface area contributed by atoms with Crippen LogP contribution in [0.1, 0.15) is 15.9 Å². The van der Waals surface area contributed by atoms with Gasteiger partial charge >= 0.3 is 0 Å². The first-order chi connectivity index (χ1) is 9.65. The van der Waals surface area contributed by atoms with Gasteiger partial charge in [-0.15, -0.1) is 0 Å². The Hall–Kier alpha value is -2.00. The van der Waals surface area contributed by atoms with Crippen LogP contribution in [0.5, 0.6) is 5.75 Å². The first-order valence-corrected chi connectivity index (χ1v) is 6.76. The molecule has 0 aliphatic rings. The number of carbonyl (C=O) groups excluding carboxylic acids is 1. The molecular formula is C16H16ClNO2. The number of ether oxygens (including phenoxy) is 1. The number of rotatable bonds is 5. The Labute approximate surface area is 123 Å². The summed E-state index contributed by atoms with van der Waals surface area (Å²) in [6, 6.07) is 14.6. The predicted molar refractivity (Wildman–Crippen MR) is 80.5 cm³/mol. The molecule has 4 heteroatoms. The Morgan fingerprint density at radius 1 is 1.20 bits per heavy atom. The van der Waals surface area contributed by atoms with Crippen molar-refractivity contribution in [3.63, 3.8) is 0 Å².